The van der Waals surface area contributed by atoms with E-state index in [2.05, 4.69) is 31.0 Å². The third-order valence-corrected chi connectivity index (χ3v) is 7.41. The summed E-state index contributed by atoms with van der Waals surface area (Å²) in [6.45, 7) is 3.93. The van der Waals surface area contributed by atoms with Gasteiger partial charge in [-0.05, 0) is 60.4 Å². The van der Waals surface area contributed by atoms with Gasteiger partial charge in [0.05, 0.1) is 11.5 Å². The molecule has 0 fully saturated rings. The molecule has 2 aromatic heterocycles. The van der Waals surface area contributed by atoms with Gasteiger partial charge in [0.1, 0.15) is 12.7 Å². The van der Waals surface area contributed by atoms with Crippen LogP contribution in [0.3, 0.4) is 0 Å². The minimum Gasteiger partial charge on any atom is -0.325 e. The maximum Gasteiger partial charge on any atom is 0.234 e. The van der Waals surface area contributed by atoms with Crippen LogP contribution in [0, 0.1) is 13.8 Å². The standard InChI is InChI=1S/C24H26N8O2S2/c1-15-9-17(5-7-19(15)27-21(33)11-35-23-29-25-13-31(23)3)18-6-8-20(16(2)10-18)28-22(34)12-36-24-30-26-14-32(24)4/h5-10,13-14H,11-12H2,1-4H3,(H,27,33)(H,28,34). The van der Waals surface area contributed by atoms with E-state index in [9.17, 15) is 9.59 Å². The minimum absolute atomic E-state index is 0.105. The van der Waals surface area contributed by atoms with Crippen molar-refractivity contribution in [3.63, 3.8) is 0 Å². The second kappa shape index (κ2) is 11.4. The van der Waals surface area contributed by atoms with Crippen molar-refractivity contribution in [3.05, 3.63) is 60.2 Å². The van der Waals surface area contributed by atoms with E-state index < -0.39 is 0 Å². The third-order valence-electron chi connectivity index (χ3n) is 5.34. The number of amides is 2. The lowest BCUT2D eigenvalue weighted by molar-refractivity contribution is -0.114. The van der Waals surface area contributed by atoms with Gasteiger partial charge in [-0.25, -0.2) is 0 Å². The number of thioether (sulfide) groups is 2. The lowest BCUT2D eigenvalue weighted by Gasteiger charge is -2.13. The molecule has 36 heavy (non-hydrogen) atoms. The highest BCUT2D eigenvalue weighted by atomic mass is 32.2. The van der Waals surface area contributed by atoms with E-state index in [1.165, 1.54) is 23.5 Å². The van der Waals surface area contributed by atoms with Crippen LogP contribution >= 0.6 is 23.5 Å². The van der Waals surface area contributed by atoms with Crippen molar-refractivity contribution in [3.8, 4) is 11.1 Å². The molecule has 186 valence electrons. The molecular weight excluding hydrogens is 496 g/mol. The Morgan fingerprint density at radius 3 is 1.50 bits per heavy atom. The van der Waals surface area contributed by atoms with Crippen molar-refractivity contribution in [1.29, 1.82) is 0 Å². The fraction of sp³-hybridized carbons (Fsp3) is 0.250. The van der Waals surface area contributed by atoms with Crippen LogP contribution in [0.2, 0.25) is 0 Å². The summed E-state index contributed by atoms with van der Waals surface area (Å²) in [5.74, 6) is 0.285. The van der Waals surface area contributed by atoms with E-state index in [1.807, 2.05) is 64.3 Å². The lowest BCUT2D eigenvalue weighted by atomic mass is 10.00. The molecule has 2 heterocycles. The topological polar surface area (TPSA) is 120 Å². The Kier molecular flexibility index (Phi) is 8.06. The van der Waals surface area contributed by atoms with E-state index in [-0.39, 0.29) is 23.3 Å². The number of aryl methyl sites for hydroxylation is 4. The summed E-state index contributed by atoms with van der Waals surface area (Å²) in [4.78, 5) is 24.8. The molecule has 2 N–H and O–H groups in total. The van der Waals surface area contributed by atoms with Gasteiger partial charge in [-0.15, -0.1) is 20.4 Å². The summed E-state index contributed by atoms with van der Waals surface area (Å²) >= 11 is 2.67. The number of hydrogen-bond acceptors (Lipinski definition) is 8. The number of nitrogens with one attached hydrogen (secondary N) is 2. The Balaban J connectivity index is 1.35. The molecule has 0 aliphatic carbocycles. The van der Waals surface area contributed by atoms with Crippen LogP contribution in [-0.4, -0.2) is 52.8 Å². The Morgan fingerprint density at radius 1 is 0.750 bits per heavy atom. The summed E-state index contributed by atoms with van der Waals surface area (Å²) in [5, 5.41) is 22.9. The van der Waals surface area contributed by atoms with Gasteiger partial charge in [0.2, 0.25) is 11.8 Å². The zero-order valence-electron chi connectivity index (χ0n) is 20.3. The van der Waals surface area contributed by atoms with Crippen LogP contribution in [0.5, 0.6) is 0 Å². The highest BCUT2D eigenvalue weighted by Crippen LogP contribution is 2.28. The van der Waals surface area contributed by atoms with E-state index >= 15 is 0 Å². The Hall–Kier alpha value is -3.64. The molecule has 4 rings (SSSR count). The number of carbonyl (C=O) groups is 2. The van der Waals surface area contributed by atoms with Crippen molar-refractivity contribution in [2.75, 3.05) is 22.1 Å². The number of rotatable bonds is 9. The molecule has 4 aromatic rings. The number of nitrogens with zero attached hydrogens (tertiary/aromatic N) is 6. The van der Waals surface area contributed by atoms with Gasteiger partial charge in [-0.1, -0.05) is 35.7 Å². The summed E-state index contributed by atoms with van der Waals surface area (Å²) < 4.78 is 3.55. The van der Waals surface area contributed by atoms with E-state index in [4.69, 9.17) is 0 Å². The van der Waals surface area contributed by atoms with Crippen LogP contribution in [0.4, 0.5) is 11.4 Å². The largest absolute Gasteiger partial charge is 0.325 e. The minimum atomic E-state index is -0.105. The molecule has 2 amide bonds. The van der Waals surface area contributed by atoms with Gasteiger partial charge in [0.15, 0.2) is 10.3 Å². The lowest BCUT2D eigenvalue weighted by Crippen LogP contribution is -2.15. The molecule has 0 aliphatic heterocycles. The first kappa shape index (κ1) is 25.5. The predicted octanol–water partition coefficient (Wildman–Crippen LogP) is 3.69. The molecule has 0 saturated carbocycles. The van der Waals surface area contributed by atoms with Gasteiger partial charge in [0, 0.05) is 25.5 Å². The van der Waals surface area contributed by atoms with Crippen molar-refractivity contribution in [1.82, 2.24) is 29.5 Å². The average molecular weight is 523 g/mol. The zero-order chi connectivity index (χ0) is 25.7. The first-order valence-corrected chi connectivity index (χ1v) is 13.0. The van der Waals surface area contributed by atoms with Gasteiger partial charge in [0.25, 0.3) is 0 Å². The molecule has 2 aromatic carbocycles. The zero-order valence-corrected chi connectivity index (χ0v) is 22.0. The molecule has 0 atom stereocenters. The van der Waals surface area contributed by atoms with Crippen LogP contribution in [0.25, 0.3) is 11.1 Å². The number of aromatic nitrogens is 6. The summed E-state index contributed by atoms with van der Waals surface area (Å²) in [5.41, 5.74) is 5.50. The molecule has 0 saturated heterocycles. The molecular formula is C24H26N8O2S2. The van der Waals surface area contributed by atoms with Gasteiger partial charge >= 0.3 is 0 Å². The number of benzene rings is 2. The second-order valence-electron chi connectivity index (χ2n) is 8.18. The summed E-state index contributed by atoms with van der Waals surface area (Å²) in [6, 6.07) is 11.8. The van der Waals surface area contributed by atoms with E-state index in [1.54, 1.807) is 21.8 Å². The normalized spacial score (nSPS) is 10.9. The Bertz CT molecular complexity index is 1290. The Morgan fingerprint density at radius 2 is 1.17 bits per heavy atom. The quantitative estimate of drug-likeness (QED) is 0.320. The fourth-order valence-corrected chi connectivity index (χ4v) is 4.78. The maximum atomic E-state index is 12.4. The molecule has 0 unspecified atom stereocenters. The monoisotopic (exact) mass is 522 g/mol. The van der Waals surface area contributed by atoms with Gasteiger partial charge < -0.3 is 19.8 Å². The van der Waals surface area contributed by atoms with Crippen molar-refractivity contribution in [2.24, 2.45) is 14.1 Å². The van der Waals surface area contributed by atoms with Crippen LogP contribution in [0.1, 0.15) is 11.1 Å². The molecule has 12 heteroatoms. The number of hydrogen-bond donors (Lipinski definition) is 2. The van der Waals surface area contributed by atoms with Gasteiger partial charge in [-0.3, -0.25) is 9.59 Å². The van der Waals surface area contributed by atoms with Crippen LogP contribution < -0.4 is 10.6 Å². The first-order chi connectivity index (χ1) is 17.3. The highest BCUT2D eigenvalue weighted by Gasteiger charge is 2.12. The highest BCUT2D eigenvalue weighted by molar-refractivity contribution is 8.00. The second-order valence-corrected chi connectivity index (χ2v) is 10.1. The number of anilines is 2. The van der Waals surface area contributed by atoms with Crippen LogP contribution in [-0.2, 0) is 23.7 Å². The average Bonchev–Trinajstić information content (AvgIpc) is 3.46. The van der Waals surface area contributed by atoms with Crippen LogP contribution in [0.15, 0.2) is 59.4 Å². The maximum absolute atomic E-state index is 12.4. The SMILES string of the molecule is Cc1cc(-c2ccc(NC(=O)CSc3nncn3C)c(C)c2)ccc1NC(=O)CSc1nncn1C. The number of carbonyl (C=O) groups excluding carboxylic acids is 2. The molecule has 0 spiro atoms. The predicted molar refractivity (Wildman–Crippen MR) is 142 cm³/mol. The van der Waals surface area contributed by atoms with Crippen molar-refractivity contribution in [2.45, 2.75) is 24.2 Å². The van der Waals surface area contributed by atoms with Gasteiger partial charge in [-0.2, -0.15) is 0 Å². The fourth-order valence-electron chi connectivity index (χ4n) is 3.41. The summed E-state index contributed by atoms with van der Waals surface area (Å²) in [6.07, 6.45) is 3.21. The molecule has 0 radical (unpaired) electrons. The Labute approximate surface area is 217 Å². The smallest absolute Gasteiger partial charge is 0.234 e. The molecule has 10 nitrogen and oxygen atoms in total. The third kappa shape index (κ3) is 6.32. The van der Waals surface area contributed by atoms with E-state index in [0.717, 1.165) is 33.6 Å². The summed E-state index contributed by atoms with van der Waals surface area (Å²) in [7, 11) is 3.68. The van der Waals surface area contributed by atoms with Crippen molar-refractivity contribution >= 4 is 46.7 Å². The van der Waals surface area contributed by atoms with E-state index in [0.29, 0.717) is 10.3 Å². The molecule has 0 aliphatic rings. The van der Waals surface area contributed by atoms with Crippen molar-refractivity contribution < 1.29 is 9.59 Å². The first-order valence-electron chi connectivity index (χ1n) is 11.0. The molecule has 0 bridgehead atoms.